The maximum absolute atomic E-state index is 12.6. The molecule has 1 rings (SSSR count). The lowest BCUT2D eigenvalue weighted by atomic mass is 10.2. The Morgan fingerprint density at radius 1 is 1.24 bits per heavy atom. The summed E-state index contributed by atoms with van der Waals surface area (Å²) in [6.07, 6.45) is 1.49. The first kappa shape index (κ1) is 18.0. The van der Waals surface area contributed by atoms with E-state index in [4.69, 9.17) is 16.7 Å². The van der Waals surface area contributed by atoms with Gasteiger partial charge < -0.3 is 5.11 Å². The molecule has 0 unspecified atom stereocenters. The number of sulfonamides is 1. The van der Waals surface area contributed by atoms with Crippen molar-refractivity contribution in [2.24, 2.45) is 0 Å². The minimum absolute atomic E-state index is 0.0978. The number of rotatable bonds is 6. The maximum Gasteiger partial charge on any atom is 0.244 e. The van der Waals surface area contributed by atoms with Crippen molar-refractivity contribution < 1.29 is 13.5 Å². The molecule has 0 radical (unpaired) electrons. The van der Waals surface area contributed by atoms with E-state index in [-0.39, 0.29) is 16.5 Å². The van der Waals surface area contributed by atoms with E-state index >= 15 is 0 Å². The molecule has 4 nitrogen and oxygen atoms in total. The first-order chi connectivity index (χ1) is 9.97. The smallest absolute Gasteiger partial charge is 0.244 e. The lowest BCUT2D eigenvalue weighted by Crippen LogP contribution is -2.32. The fraction of sp³-hybridized carbons (Fsp3) is 0.467. The van der Waals surface area contributed by atoms with Crippen LogP contribution in [0.15, 0.2) is 23.1 Å². The second-order valence-electron chi connectivity index (χ2n) is 4.51. The highest BCUT2D eigenvalue weighted by Crippen LogP contribution is 2.26. The number of hydrogen-bond acceptors (Lipinski definition) is 3. The van der Waals surface area contributed by atoms with E-state index in [2.05, 4.69) is 11.8 Å². The molecule has 0 heterocycles. The molecule has 0 saturated carbocycles. The molecule has 6 heteroatoms. The molecule has 0 aliphatic carbocycles. The van der Waals surface area contributed by atoms with Gasteiger partial charge in [-0.05, 0) is 31.0 Å². The number of aliphatic hydroxyl groups excluding tert-OH is 1. The fourth-order valence-corrected chi connectivity index (χ4v) is 4.06. The Labute approximate surface area is 131 Å². The van der Waals surface area contributed by atoms with Crippen LogP contribution in [-0.4, -0.2) is 37.5 Å². The first-order valence-corrected chi connectivity index (χ1v) is 8.68. The van der Waals surface area contributed by atoms with E-state index in [1.807, 2.05) is 13.8 Å². The highest BCUT2D eigenvalue weighted by Gasteiger charge is 2.25. The van der Waals surface area contributed by atoms with Crippen LogP contribution in [0.2, 0.25) is 5.02 Å². The summed E-state index contributed by atoms with van der Waals surface area (Å²) in [4.78, 5) is 0.0978. The molecule has 0 spiro atoms. The third kappa shape index (κ3) is 4.72. The number of benzene rings is 1. The predicted molar refractivity (Wildman–Crippen MR) is 84.8 cm³/mol. The molecule has 0 aromatic heterocycles. The number of aliphatic hydroxyl groups is 1. The van der Waals surface area contributed by atoms with E-state index in [1.165, 1.54) is 16.4 Å². The van der Waals surface area contributed by atoms with Crippen molar-refractivity contribution in [2.45, 2.75) is 31.6 Å². The number of nitrogens with zero attached hydrogens (tertiary/aromatic N) is 1. The van der Waals surface area contributed by atoms with Crippen LogP contribution in [-0.2, 0) is 10.0 Å². The Kier molecular flexibility index (Phi) is 7.20. The molecule has 0 aliphatic heterocycles. The zero-order valence-corrected chi connectivity index (χ0v) is 13.8. The zero-order chi connectivity index (χ0) is 15.9. The van der Waals surface area contributed by atoms with Gasteiger partial charge in [0.05, 0.1) is 5.02 Å². The van der Waals surface area contributed by atoms with Gasteiger partial charge in [0, 0.05) is 18.7 Å². The Balaban J connectivity index is 3.18. The van der Waals surface area contributed by atoms with Crippen molar-refractivity contribution in [2.75, 3.05) is 19.7 Å². The van der Waals surface area contributed by atoms with E-state index in [0.29, 0.717) is 18.7 Å². The number of hydrogen-bond donors (Lipinski definition) is 1. The average molecular weight is 330 g/mol. The lowest BCUT2D eigenvalue weighted by molar-refractivity contribution is 0.350. The summed E-state index contributed by atoms with van der Waals surface area (Å²) >= 11 is 6.10. The second kappa shape index (κ2) is 8.40. The molecule has 0 saturated heterocycles. The Morgan fingerprint density at radius 2 is 1.86 bits per heavy atom. The van der Waals surface area contributed by atoms with Gasteiger partial charge in [0.25, 0.3) is 0 Å². The molecule has 116 valence electrons. The minimum Gasteiger partial charge on any atom is -0.384 e. The predicted octanol–water partition coefficient (Wildman–Crippen LogP) is 2.49. The summed E-state index contributed by atoms with van der Waals surface area (Å²) in [5.41, 5.74) is 0.575. The quantitative estimate of drug-likeness (QED) is 0.816. The largest absolute Gasteiger partial charge is 0.384 e. The van der Waals surface area contributed by atoms with E-state index in [1.54, 1.807) is 6.07 Å². The van der Waals surface area contributed by atoms with Crippen LogP contribution >= 0.6 is 11.6 Å². The molecule has 0 fully saturated rings. The van der Waals surface area contributed by atoms with E-state index < -0.39 is 10.0 Å². The molecule has 0 atom stereocenters. The van der Waals surface area contributed by atoms with Gasteiger partial charge in [0.1, 0.15) is 11.5 Å². The van der Waals surface area contributed by atoms with Crippen LogP contribution < -0.4 is 0 Å². The highest BCUT2D eigenvalue weighted by atomic mass is 35.5. The SMILES string of the molecule is CCCN(CCC)S(=O)(=O)c1ccc(C#CCO)cc1Cl. The Morgan fingerprint density at radius 3 is 2.33 bits per heavy atom. The van der Waals surface area contributed by atoms with Crippen molar-refractivity contribution in [3.8, 4) is 11.8 Å². The molecule has 21 heavy (non-hydrogen) atoms. The molecular formula is C15H20ClNO3S. The van der Waals surface area contributed by atoms with Crippen molar-refractivity contribution in [1.29, 1.82) is 0 Å². The summed E-state index contributed by atoms with van der Waals surface area (Å²) < 4.78 is 26.7. The molecular weight excluding hydrogens is 310 g/mol. The number of halogens is 1. The van der Waals surface area contributed by atoms with Gasteiger partial charge in [0.2, 0.25) is 10.0 Å². The third-order valence-electron chi connectivity index (χ3n) is 2.81. The molecule has 1 aromatic rings. The summed E-state index contributed by atoms with van der Waals surface area (Å²) in [5.74, 6) is 5.20. The average Bonchev–Trinajstić information content (AvgIpc) is 2.44. The standard InChI is InChI=1S/C15H20ClNO3S/c1-3-9-17(10-4-2)21(19,20)15-8-7-13(6-5-11-18)12-14(15)16/h7-8,12,18H,3-4,9-11H2,1-2H3. The van der Waals surface area contributed by atoms with Crippen LogP contribution in [0.3, 0.4) is 0 Å². The van der Waals surface area contributed by atoms with Crippen LogP contribution in [0.4, 0.5) is 0 Å². The third-order valence-corrected chi connectivity index (χ3v) is 5.19. The Bertz CT molecular complexity index is 626. The maximum atomic E-state index is 12.6. The van der Waals surface area contributed by atoms with Crippen LogP contribution in [0.25, 0.3) is 0 Å². The summed E-state index contributed by atoms with van der Waals surface area (Å²) in [5, 5.41) is 8.81. The second-order valence-corrected chi connectivity index (χ2v) is 6.82. The van der Waals surface area contributed by atoms with Crippen molar-refractivity contribution in [3.63, 3.8) is 0 Å². The van der Waals surface area contributed by atoms with E-state index in [9.17, 15) is 8.42 Å². The highest BCUT2D eigenvalue weighted by molar-refractivity contribution is 7.89. The summed E-state index contributed by atoms with van der Waals surface area (Å²) in [6.45, 7) is 4.57. The fourth-order valence-electron chi connectivity index (χ4n) is 1.92. The molecule has 1 N–H and O–H groups in total. The van der Waals surface area contributed by atoms with Gasteiger partial charge in [-0.25, -0.2) is 8.42 Å². The normalized spacial score (nSPS) is 11.3. The van der Waals surface area contributed by atoms with Gasteiger partial charge in [0.15, 0.2) is 0 Å². The van der Waals surface area contributed by atoms with Crippen molar-refractivity contribution in [3.05, 3.63) is 28.8 Å². The summed E-state index contributed by atoms with van der Waals surface area (Å²) in [7, 11) is -3.59. The minimum atomic E-state index is -3.59. The zero-order valence-electron chi connectivity index (χ0n) is 12.3. The molecule has 1 aromatic carbocycles. The lowest BCUT2D eigenvalue weighted by Gasteiger charge is -2.21. The van der Waals surface area contributed by atoms with Crippen LogP contribution in [0, 0.1) is 11.8 Å². The monoisotopic (exact) mass is 329 g/mol. The molecule has 0 amide bonds. The van der Waals surface area contributed by atoms with Gasteiger partial charge in [-0.1, -0.05) is 37.3 Å². The van der Waals surface area contributed by atoms with Gasteiger partial charge in [-0.3, -0.25) is 0 Å². The van der Waals surface area contributed by atoms with E-state index in [0.717, 1.165) is 12.8 Å². The molecule has 0 bridgehead atoms. The van der Waals surface area contributed by atoms with Crippen molar-refractivity contribution >= 4 is 21.6 Å². The van der Waals surface area contributed by atoms with Crippen molar-refractivity contribution in [1.82, 2.24) is 4.31 Å². The van der Waals surface area contributed by atoms with Gasteiger partial charge in [-0.2, -0.15) is 4.31 Å². The first-order valence-electron chi connectivity index (χ1n) is 6.86. The van der Waals surface area contributed by atoms with Crippen LogP contribution in [0.1, 0.15) is 32.3 Å². The summed E-state index contributed by atoms with van der Waals surface area (Å²) in [6, 6.07) is 4.57. The molecule has 0 aliphatic rings. The Hall–Kier alpha value is -1.06. The van der Waals surface area contributed by atoms with Gasteiger partial charge in [-0.15, -0.1) is 0 Å². The topological polar surface area (TPSA) is 57.6 Å². The van der Waals surface area contributed by atoms with Crippen LogP contribution in [0.5, 0.6) is 0 Å². The van der Waals surface area contributed by atoms with Gasteiger partial charge >= 0.3 is 0 Å².